The number of aliphatic hydroxyl groups excluding tert-OH is 1. The molecule has 15 nitrogen and oxygen atoms in total. The summed E-state index contributed by atoms with van der Waals surface area (Å²) in [7, 11) is 3.33. The van der Waals surface area contributed by atoms with E-state index in [2.05, 4.69) is 43.9 Å². The molecule has 1 amide bonds. The molecule has 3 aromatic heterocycles. The summed E-state index contributed by atoms with van der Waals surface area (Å²) in [5, 5.41) is 11.9. The predicted molar refractivity (Wildman–Crippen MR) is 214 cm³/mol. The summed E-state index contributed by atoms with van der Waals surface area (Å²) in [6, 6.07) is 16.1. The van der Waals surface area contributed by atoms with Gasteiger partial charge in [-0.25, -0.2) is 19.9 Å². The van der Waals surface area contributed by atoms with E-state index in [9.17, 15) is 9.90 Å². The lowest BCUT2D eigenvalue weighted by atomic mass is 10.1. The second-order valence-electron chi connectivity index (χ2n) is 13.9. The van der Waals surface area contributed by atoms with Gasteiger partial charge in [0.2, 0.25) is 11.9 Å². The average molecular weight is 779 g/mol. The number of amides is 1. The summed E-state index contributed by atoms with van der Waals surface area (Å²) in [5.41, 5.74) is 5.22. The van der Waals surface area contributed by atoms with Crippen LogP contribution in [0.4, 0.5) is 22.8 Å². The maximum absolute atomic E-state index is 13.5. The average Bonchev–Trinajstić information content (AvgIpc) is 3.92. The van der Waals surface area contributed by atoms with E-state index in [1.165, 1.54) is 11.3 Å². The smallest absolute Gasteiger partial charge is 0.273 e. The van der Waals surface area contributed by atoms with Crippen molar-refractivity contribution in [1.29, 1.82) is 0 Å². The number of nitrogens with zero attached hydrogens (tertiary/aromatic N) is 10. The van der Waals surface area contributed by atoms with Crippen molar-refractivity contribution < 1.29 is 24.1 Å². The molecule has 16 heteroatoms. The SMILES string of the molecule is COc1ccc(CN(Cc2ccc(OC)cc2)c2ncc(-c3nc(N4CCOCC4)nc4c3CCN4c3nc(C(=O)N4CCN(CCO)CC4)cs3)cn2)cc1. The number of piperazine rings is 1. The summed E-state index contributed by atoms with van der Waals surface area (Å²) in [6.07, 6.45) is 4.41. The lowest BCUT2D eigenvalue weighted by Crippen LogP contribution is -2.49. The molecule has 2 fully saturated rings. The third kappa shape index (κ3) is 8.23. The molecule has 0 atom stereocenters. The molecule has 0 bridgehead atoms. The topological polar surface area (TPSA) is 146 Å². The largest absolute Gasteiger partial charge is 0.497 e. The van der Waals surface area contributed by atoms with Gasteiger partial charge in [0.15, 0.2) is 5.13 Å². The van der Waals surface area contributed by atoms with E-state index in [4.69, 9.17) is 39.1 Å². The Balaban J connectivity index is 1.08. The molecule has 6 heterocycles. The van der Waals surface area contributed by atoms with Gasteiger partial charge in [0.05, 0.1) is 39.7 Å². The molecule has 2 saturated heterocycles. The van der Waals surface area contributed by atoms with Crippen LogP contribution >= 0.6 is 11.3 Å². The van der Waals surface area contributed by atoms with Gasteiger partial charge >= 0.3 is 0 Å². The fourth-order valence-corrected chi connectivity index (χ4v) is 8.07. The summed E-state index contributed by atoms with van der Waals surface area (Å²) in [6.45, 7) is 7.83. The number of thiazole rings is 1. The first-order chi connectivity index (χ1) is 27.5. The molecule has 0 saturated carbocycles. The maximum Gasteiger partial charge on any atom is 0.273 e. The van der Waals surface area contributed by atoms with E-state index in [0.29, 0.717) is 89.6 Å². The first-order valence-electron chi connectivity index (χ1n) is 18.9. The summed E-state index contributed by atoms with van der Waals surface area (Å²) in [4.78, 5) is 48.9. The zero-order valence-electron chi connectivity index (χ0n) is 31.7. The Labute approximate surface area is 330 Å². The quantitative estimate of drug-likeness (QED) is 0.185. The normalized spacial score (nSPS) is 15.9. The van der Waals surface area contributed by atoms with Crippen LogP contribution in [0.15, 0.2) is 66.3 Å². The van der Waals surface area contributed by atoms with Crippen molar-refractivity contribution in [1.82, 2.24) is 34.7 Å². The molecule has 2 aromatic carbocycles. The molecule has 3 aliphatic heterocycles. The molecule has 3 aliphatic rings. The molecule has 5 aromatic rings. The number of aliphatic hydroxyl groups is 1. The van der Waals surface area contributed by atoms with E-state index in [-0.39, 0.29) is 12.5 Å². The van der Waals surface area contributed by atoms with Crippen LogP contribution in [0, 0.1) is 0 Å². The van der Waals surface area contributed by atoms with Gasteiger partial charge < -0.3 is 38.9 Å². The Bertz CT molecular complexity index is 2040. The zero-order chi connectivity index (χ0) is 38.4. The van der Waals surface area contributed by atoms with E-state index in [0.717, 1.165) is 63.5 Å². The van der Waals surface area contributed by atoms with Crippen molar-refractivity contribution in [2.75, 3.05) is 101 Å². The number of carbonyl (C=O) groups excluding carboxylic acids is 1. The van der Waals surface area contributed by atoms with Crippen LogP contribution in [-0.4, -0.2) is 132 Å². The molecule has 292 valence electrons. The molecule has 0 aliphatic carbocycles. The standard InChI is InChI=1S/C40H46N10O5S/c1-53-31-7-3-28(4-8-31)25-49(26-29-5-9-32(54-2)10-6-29)38-41-23-30(24-42-38)35-33-11-12-50(36(33)45-39(44-35)48-18-21-55-22-19-48)40-43-34(27-56-40)37(52)47-15-13-46(14-16-47)17-20-51/h3-10,23-24,27,51H,11-22,25-26H2,1-2H3. The minimum atomic E-state index is -0.0711. The lowest BCUT2D eigenvalue weighted by molar-refractivity contribution is 0.0610. The number of methoxy groups -OCH3 is 2. The van der Waals surface area contributed by atoms with Crippen molar-refractivity contribution in [2.24, 2.45) is 0 Å². The highest BCUT2D eigenvalue weighted by Gasteiger charge is 2.32. The fraction of sp³-hybridized carbons (Fsp3) is 0.400. The lowest BCUT2D eigenvalue weighted by Gasteiger charge is -2.33. The highest BCUT2D eigenvalue weighted by Crippen LogP contribution is 2.40. The van der Waals surface area contributed by atoms with E-state index >= 15 is 0 Å². The van der Waals surface area contributed by atoms with Gasteiger partial charge in [-0.15, -0.1) is 11.3 Å². The maximum atomic E-state index is 13.5. The predicted octanol–water partition coefficient (Wildman–Crippen LogP) is 3.90. The van der Waals surface area contributed by atoms with Crippen molar-refractivity contribution in [2.45, 2.75) is 19.5 Å². The second kappa shape index (κ2) is 17.2. The number of benzene rings is 2. The number of anilines is 4. The number of β-amino-alcohol motifs (C(OH)–C–C–N with tert-alkyl or cyclic N) is 1. The molecule has 56 heavy (non-hydrogen) atoms. The summed E-state index contributed by atoms with van der Waals surface area (Å²) < 4.78 is 16.4. The van der Waals surface area contributed by atoms with Crippen molar-refractivity contribution in [3.63, 3.8) is 0 Å². The molecule has 0 spiro atoms. The molecular formula is C40H46N10O5S. The monoisotopic (exact) mass is 778 g/mol. The van der Waals surface area contributed by atoms with Gasteiger partial charge in [-0.05, 0) is 41.8 Å². The van der Waals surface area contributed by atoms with Crippen LogP contribution in [0.25, 0.3) is 11.3 Å². The molecule has 8 rings (SSSR count). The van der Waals surface area contributed by atoms with Crippen molar-refractivity contribution in [3.05, 3.63) is 88.7 Å². The van der Waals surface area contributed by atoms with Crippen molar-refractivity contribution in [3.8, 4) is 22.8 Å². The van der Waals surface area contributed by atoms with Gasteiger partial charge in [-0.1, -0.05) is 24.3 Å². The Kier molecular flexibility index (Phi) is 11.5. The van der Waals surface area contributed by atoms with Gasteiger partial charge in [-0.3, -0.25) is 9.69 Å². The minimum absolute atomic E-state index is 0.0711. The second-order valence-corrected chi connectivity index (χ2v) is 14.7. The summed E-state index contributed by atoms with van der Waals surface area (Å²) >= 11 is 1.45. The number of rotatable bonds is 13. The van der Waals surface area contributed by atoms with Crippen LogP contribution in [0.1, 0.15) is 27.2 Å². The van der Waals surface area contributed by atoms with Gasteiger partial charge in [-0.2, -0.15) is 4.98 Å². The Morgan fingerprint density at radius 1 is 0.839 bits per heavy atom. The van der Waals surface area contributed by atoms with Crippen LogP contribution in [0.2, 0.25) is 0 Å². The molecule has 0 unspecified atom stereocenters. The highest BCUT2D eigenvalue weighted by molar-refractivity contribution is 7.14. The van der Waals surface area contributed by atoms with E-state index in [1.807, 2.05) is 46.9 Å². The number of fused-ring (bicyclic) bond motifs is 1. The minimum Gasteiger partial charge on any atom is -0.497 e. The molecule has 0 radical (unpaired) electrons. The zero-order valence-corrected chi connectivity index (χ0v) is 32.5. The van der Waals surface area contributed by atoms with Gasteiger partial charge in [0.25, 0.3) is 5.91 Å². The molecule has 1 N–H and O–H groups in total. The molecular weight excluding hydrogens is 733 g/mol. The summed E-state index contributed by atoms with van der Waals surface area (Å²) in [5.74, 6) is 3.53. The third-order valence-electron chi connectivity index (χ3n) is 10.4. The highest BCUT2D eigenvalue weighted by atomic mass is 32.1. The van der Waals surface area contributed by atoms with Gasteiger partial charge in [0, 0.05) is 94.3 Å². The van der Waals surface area contributed by atoms with Crippen molar-refractivity contribution >= 4 is 40.1 Å². The Morgan fingerprint density at radius 2 is 1.48 bits per heavy atom. The number of hydrogen-bond donors (Lipinski definition) is 1. The fourth-order valence-electron chi connectivity index (χ4n) is 7.24. The van der Waals surface area contributed by atoms with Crippen LogP contribution in [0.5, 0.6) is 11.5 Å². The van der Waals surface area contributed by atoms with Crippen LogP contribution in [0.3, 0.4) is 0 Å². The number of morpholine rings is 1. The first kappa shape index (κ1) is 37.5. The number of hydrogen-bond acceptors (Lipinski definition) is 15. The Hall–Kier alpha value is -5.42. The number of ether oxygens (including phenoxy) is 3. The van der Waals surface area contributed by atoms with Crippen LogP contribution < -0.4 is 24.2 Å². The van der Waals surface area contributed by atoms with E-state index in [1.54, 1.807) is 14.2 Å². The van der Waals surface area contributed by atoms with E-state index < -0.39 is 0 Å². The van der Waals surface area contributed by atoms with Crippen LogP contribution in [-0.2, 0) is 24.2 Å². The Morgan fingerprint density at radius 3 is 2.09 bits per heavy atom. The number of aromatic nitrogens is 5. The third-order valence-corrected chi connectivity index (χ3v) is 11.2. The number of carbonyl (C=O) groups is 1. The first-order valence-corrected chi connectivity index (χ1v) is 19.8. The van der Waals surface area contributed by atoms with Gasteiger partial charge in [0.1, 0.15) is 23.0 Å².